The van der Waals surface area contributed by atoms with Gasteiger partial charge in [-0.1, -0.05) is 6.92 Å². The molecule has 0 fully saturated rings. The average molecular weight is 360 g/mol. The van der Waals surface area contributed by atoms with Crippen LogP contribution in [0.4, 0.5) is 0 Å². The van der Waals surface area contributed by atoms with Gasteiger partial charge in [-0.15, -0.1) is 0 Å². The summed E-state index contributed by atoms with van der Waals surface area (Å²) in [5.41, 5.74) is -2.49. The van der Waals surface area contributed by atoms with Crippen LogP contribution < -0.4 is 0 Å². The second-order valence-electron chi connectivity index (χ2n) is 6.79. The van der Waals surface area contributed by atoms with Crippen molar-refractivity contribution in [3.63, 3.8) is 0 Å². The Morgan fingerprint density at radius 1 is 1.00 bits per heavy atom. The first kappa shape index (κ1) is 23.5. The third kappa shape index (κ3) is 9.50. The van der Waals surface area contributed by atoms with Gasteiger partial charge in [-0.3, -0.25) is 0 Å². The highest BCUT2D eigenvalue weighted by Gasteiger charge is 2.34. The van der Waals surface area contributed by atoms with Crippen LogP contribution >= 0.6 is 0 Å². The maximum Gasteiger partial charge on any atom is 0.335 e. The summed E-state index contributed by atoms with van der Waals surface area (Å²) in [7, 11) is 0. The number of azo groups is 1. The molecule has 0 amide bonds. The van der Waals surface area contributed by atoms with Gasteiger partial charge in [0.2, 0.25) is 0 Å². The van der Waals surface area contributed by atoms with E-state index < -0.39 is 23.0 Å². The molecule has 0 radical (unpaired) electrons. The Morgan fingerprint density at radius 2 is 1.56 bits per heavy atom. The maximum atomic E-state index is 12.3. The molecule has 1 N–H and O–H groups in total. The van der Waals surface area contributed by atoms with Crippen LogP contribution in [0.3, 0.4) is 0 Å². The number of carbonyl (C=O) groups is 2. The van der Waals surface area contributed by atoms with Gasteiger partial charge in [0.25, 0.3) is 0 Å². The molecule has 25 heavy (non-hydrogen) atoms. The number of esters is 2. The standard InChI is InChI=1S/C17H32N2O6/c1-7-10-23-11-8-13(2)25-15(22)17(5,6)19-18-16(3,4)14(21)24-12-9-20/h13,20H,7-12H2,1-6H3. The van der Waals surface area contributed by atoms with Crippen molar-refractivity contribution >= 4 is 11.9 Å². The third-order valence-electron chi connectivity index (χ3n) is 3.20. The zero-order valence-corrected chi connectivity index (χ0v) is 16.2. The summed E-state index contributed by atoms with van der Waals surface area (Å²) in [6.45, 7) is 10.8. The number of aliphatic hydroxyl groups excluding tert-OH is 1. The van der Waals surface area contributed by atoms with Gasteiger partial charge in [-0.05, 0) is 41.0 Å². The van der Waals surface area contributed by atoms with E-state index in [1.54, 1.807) is 20.8 Å². The van der Waals surface area contributed by atoms with Crippen LogP contribution in [-0.2, 0) is 23.8 Å². The normalized spacial score (nSPS) is 13.7. The van der Waals surface area contributed by atoms with Gasteiger partial charge in [0.15, 0.2) is 11.1 Å². The largest absolute Gasteiger partial charge is 0.461 e. The molecular formula is C17H32N2O6. The molecule has 8 heteroatoms. The van der Waals surface area contributed by atoms with Crippen LogP contribution in [0, 0.1) is 0 Å². The van der Waals surface area contributed by atoms with Crippen molar-refractivity contribution in [1.29, 1.82) is 0 Å². The van der Waals surface area contributed by atoms with Gasteiger partial charge in [0.1, 0.15) is 12.7 Å². The number of nitrogens with zero attached hydrogens (tertiary/aromatic N) is 2. The molecule has 0 aliphatic heterocycles. The minimum atomic E-state index is -1.26. The lowest BCUT2D eigenvalue weighted by molar-refractivity contribution is -0.155. The van der Waals surface area contributed by atoms with Crippen molar-refractivity contribution < 1.29 is 28.9 Å². The minimum absolute atomic E-state index is 0.110. The molecule has 146 valence electrons. The Labute approximate surface area is 149 Å². The smallest absolute Gasteiger partial charge is 0.335 e. The molecule has 0 aromatic heterocycles. The van der Waals surface area contributed by atoms with Crippen molar-refractivity contribution in [2.45, 2.75) is 71.6 Å². The second-order valence-corrected chi connectivity index (χ2v) is 6.79. The third-order valence-corrected chi connectivity index (χ3v) is 3.20. The molecule has 0 aromatic carbocycles. The first-order valence-corrected chi connectivity index (χ1v) is 8.57. The summed E-state index contributed by atoms with van der Waals surface area (Å²) < 4.78 is 15.6. The van der Waals surface area contributed by atoms with Gasteiger partial charge >= 0.3 is 11.9 Å². The van der Waals surface area contributed by atoms with Gasteiger partial charge < -0.3 is 19.3 Å². The molecule has 1 atom stereocenters. The summed E-state index contributed by atoms with van der Waals surface area (Å²) >= 11 is 0. The highest BCUT2D eigenvalue weighted by molar-refractivity contribution is 5.81. The highest BCUT2D eigenvalue weighted by Crippen LogP contribution is 2.19. The summed E-state index contributed by atoms with van der Waals surface area (Å²) in [6, 6.07) is 0. The predicted octanol–water partition coefficient (Wildman–Crippen LogP) is 2.28. The minimum Gasteiger partial charge on any atom is -0.461 e. The van der Waals surface area contributed by atoms with E-state index in [4.69, 9.17) is 19.3 Å². The number of rotatable bonds is 12. The van der Waals surface area contributed by atoms with Crippen molar-refractivity contribution in [3.05, 3.63) is 0 Å². The summed E-state index contributed by atoms with van der Waals surface area (Å²) in [4.78, 5) is 24.1. The molecule has 1 unspecified atom stereocenters. The van der Waals surface area contributed by atoms with Crippen LogP contribution in [0.5, 0.6) is 0 Å². The van der Waals surface area contributed by atoms with Gasteiger partial charge in [-0.25, -0.2) is 9.59 Å². The predicted molar refractivity (Wildman–Crippen MR) is 92.3 cm³/mol. The quantitative estimate of drug-likeness (QED) is 0.325. The topological polar surface area (TPSA) is 107 Å². The number of ether oxygens (including phenoxy) is 3. The zero-order chi connectivity index (χ0) is 19.5. The highest BCUT2D eigenvalue weighted by atomic mass is 16.6. The Bertz CT molecular complexity index is 448. The Hall–Kier alpha value is -1.54. The molecule has 0 heterocycles. The molecule has 0 aliphatic rings. The fraction of sp³-hybridized carbons (Fsp3) is 0.882. The average Bonchev–Trinajstić information content (AvgIpc) is 2.54. The summed E-state index contributed by atoms with van der Waals surface area (Å²) in [5.74, 6) is -1.16. The van der Waals surface area contributed by atoms with Gasteiger partial charge in [-0.2, -0.15) is 10.2 Å². The van der Waals surface area contributed by atoms with Crippen LogP contribution in [-0.4, -0.2) is 60.7 Å². The number of aliphatic hydroxyl groups is 1. The van der Waals surface area contributed by atoms with Crippen molar-refractivity contribution in [2.24, 2.45) is 10.2 Å². The van der Waals surface area contributed by atoms with Crippen LogP contribution in [0.1, 0.15) is 54.4 Å². The summed E-state index contributed by atoms with van der Waals surface area (Å²) in [6.07, 6.45) is 1.23. The van der Waals surface area contributed by atoms with Crippen LogP contribution in [0.25, 0.3) is 0 Å². The summed E-state index contributed by atoms with van der Waals surface area (Å²) in [5, 5.41) is 16.6. The SMILES string of the molecule is CCCOCCC(C)OC(=O)C(C)(C)N=NC(C)(C)C(=O)OCCO. The fourth-order valence-corrected chi connectivity index (χ4v) is 1.53. The van der Waals surface area contributed by atoms with Crippen molar-refractivity contribution in [3.8, 4) is 0 Å². The van der Waals surface area contributed by atoms with E-state index >= 15 is 0 Å². The van der Waals surface area contributed by atoms with E-state index in [1.807, 2.05) is 6.92 Å². The second kappa shape index (κ2) is 11.1. The molecular weight excluding hydrogens is 328 g/mol. The number of carbonyl (C=O) groups excluding carboxylic acids is 2. The monoisotopic (exact) mass is 360 g/mol. The Morgan fingerprint density at radius 3 is 2.08 bits per heavy atom. The van der Waals surface area contributed by atoms with Crippen LogP contribution in [0.2, 0.25) is 0 Å². The molecule has 0 spiro atoms. The first-order valence-electron chi connectivity index (χ1n) is 8.57. The molecule has 0 saturated carbocycles. The lowest BCUT2D eigenvalue weighted by Crippen LogP contribution is -2.36. The Balaban J connectivity index is 4.61. The van der Waals surface area contributed by atoms with Gasteiger partial charge in [0, 0.05) is 13.0 Å². The van der Waals surface area contributed by atoms with E-state index in [0.29, 0.717) is 19.6 Å². The molecule has 0 aliphatic carbocycles. The zero-order valence-electron chi connectivity index (χ0n) is 16.2. The van der Waals surface area contributed by atoms with E-state index in [9.17, 15) is 9.59 Å². The number of hydrogen-bond donors (Lipinski definition) is 1. The molecule has 0 bridgehead atoms. The molecule has 8 nitrogen and oxygen atoms in total. The molecule has 0 rings (SSSR count). The van der Waals surface area contributed by atoms with Crippen molar-refractivity contribution in [2.75, 3.05) is 26.4 Å². The fourth-order valence-electron chi connectivity index (χ4n) is 1.53. The first-order chi connectivity index (χ1) is 11.6. The maximum absolute atomic E-state index is 12.3. The van der Waals surface area contributed by atoms with E-state index in [0.717, 1.165) is 6.42 Å². The van der Waals surface area contributed by atoms with Crippen molar-refractivity contribution in [1.82, 2.24) is 0 Å². The molecule has 0 aromatic rings. The lowest BCUT2D eigenvalue weighted by Gasteiger charge is -2.22. The Kier molecular flexibility index (Phi) is 10.5. The van der Waals surface area contributed by atoms with Crippen LogP contribution in [0.15, 0.2) is 10.2 Å². The molecule has 0 saturated heterocycles. The number of hydrogen-bond acceptors (Lipinski definition) is 8. The van der Waals surface area contributed by atoms with E-state index in [1.165, 1.54) is 13.8 Å². The van der Waals surface area contributed by atoms with Gasteiger partial charge in [0.05, 0.1) is 13.2 Å². The van der Waals surface area contributed by atoms with E-state index in [-0.39, 0.29) is 19.3 Å². The van der Waals surface area contributed by atoms with E-state index in [2.05, 4.69) is 10.2 Å². The lowest BCUT2D eigenvalue weighted by atomic mass is 10.1.